The van der Waals surface area contributed by atoms with Crippen LogP contribution in [0.2, 0.25) is 0 Å². The molecule has 0 atom stereocenters. The number of ether oxygens (including phenoxy) is 3. The molecule has 6 nitrogen and oxygen atoms in total. The van der Waals surface area contributed by atoms with E-state index in [1.807, 2.05) is 19.1 Å². The predicted octanol–water partition coefficient (Wildman–Crippen LogP) is 4.08. The predicted molar refractivity (Wildman–Crippen MR) is 108 cm³/mol. The average Bonchev–Trinajstić information content (AvgIpc) is 2.66. The van der Waals surface area contributed by atoms with Gasteiger partial charge in [0.1, 0.15) is 0 Å². The molecule has 6 heteroatoms. The first-order valence-corrected chi connectivity index (χ1v) is 9.60. The van der Waals surface area contributed by atoms with Gasteiger partial charge < -0.3 is 14.2 Å². The second-order valence-corrected chi connectivity index (χ2v) is 5.76. The third-order valence-corrected chi connectivity index (χ3v) is 3.74. The summed E-state index contributed by atoms with van der Waals surface area (Å²) in [7, 11) is 0. The molecule has 0 N–H and O–H groups in total. The molecule has 0 aliphatic heterocycles. The van der Waals surface area contributed by atoms with E-state index < -0.39 is 23.3 Å². The minimum atomic E-state index is -1.40. The highest BCUT2D eigenvalue weighted by atomic mass is 16.6. The van der Waals surface area contributed by atoms with Crippen molar-refractivity contribution >= 4 is 17.9 Å². The van der Waals surface area contributed by atoms with Gasteiger partial charge in [-0.15, -0.1) is 0 Å². The number of carbonyl (C=O) groups excluding carboxylic acids is 3. The van der Waals surface area contributed by atoms with Crippen LogP contribution in [0.15, 0.2) is 48.6 Å². The largest absolute Gasteiger partial charge is 0.465 e. The summed E-state index contributed by atoms with van der Waals surface area (Å²) in [5.41, 5.74) is -1.40. The summed E-state index contributed by atoms with van der Waals surface area (Å²) >= 11 is 0. The molecular formula is C22H32O6. The van der Waals surface area contributed by atoms with Crippen LogP contribution in [0.25, 0.3) is 0 Å². The second kappa shape index (κ2) is 15.4. The Kier molecular flexibility index (Phi) is 14.0. The van der Waals surface area contributed by atoms with Gasteiger partial charge in [0.2, 0.25) is 0 Å². The van der Waals surface area contributed by atoms with Crippen LogP contribution >= 0.6 is 0 Å². The maximum Gasteiger partial charge on any atom is 0.330 e. The topological polar surface area (TPSA) is 78.9 Å². The third-order valence-electron chi connectivity index (χ3n) is 3.74. The van der Waals surface area contributed by atoms with E-state index in [1.54, 1.807) is 51.2 Å². The molecule has 28 heavy (non-hydrogen) atoms. The average molecular weight is 392 g/mol. The van der Waals surface area contributed by atoms with E-state index in [-0.39, 0.29) is 26.1 Å². The van der Waals surface area contributed by atoms with Crippen LogP contribution in [0.4, 0.5) is 0 Å². The normalized spacial score (nSPS) is 12.3. The van der Waals surface area contributed by atoms with Gasteiger partial charge in [0, 0.05) is 6.08 Å². The Morgan fingerprint density at radius 3 is 1.89 bits per heavy atom. The zero-order chi connectivity index (χ0) is 21.3. The monoisotopic (exact) mass is 392 g/mol. The molecular weight excluding hydrogens is 360 g/mol. The number of rotatable bonds is 13. The Morgan fingerprint density at radius 2 is 1.36 bits per heavy atom. The molecule has 0 fully saturated rings. The molecule has 0 aliphatic carbocycles. The van der Waals surface area contributed by atoms with E-state index in [2.05, 4.69) is 0 Å². The quantitative estimate of drug-likeness (QED) is 0.154. The van der Waals surface area contributed by atoms with Crippen LogP contribution in [0.5, 0.6) is 0 Å². The van der Waals surface area contributed by atoms with Crippen molar-refractivity contribution in [2.45, 2.75) is 47.0 Å². The smallest absolute Gasteiger partial charge is 0.330 e. The summed E-state index contributed by atoms with van der Waals surface area (Å²) in [6, 6.07) is 0. The van der Waals surface area contributed by atoms with Crippen molar-refractivity contribution < 1.29 is 28.6 Å². The number of carbonyl (C=O) groups is 3. The molecule has 0 unspecified atom stereocenters. The van der Waals surface area contributed by atoms with Crippen molar-refractivity contribution in [3.63, 3.8) is 0 Å². The summed E-state index contributed by atoms with van der Waals surface area (Å²) in [4.78, 5) is 36.6. The van der Waals surface area contributed by atoms with Crippen LogP contribution in [-0.4, -0.2) is 37.7 Å². The fourth-order valence-electron chi connectivity index (χ4n) is 2.38. The summed E-state index contributed by atoms with van der Waals surface area (Å²) < 4.78 is 15.1. The number of hydrogen-bond donors (Lipinski definition) is 0. The zero-order valence-electron chi connectivity index (χ0n) is 17.3. The van der Waals surface area contributed by atoms with Crippen LogP contribution in [0, 0.1) is 5.41 Å². The minimum Gasteiger partial charge on any atom is -0.465 e. The summed E-state index contributed by atoms with van der Waals surface area (Å²) in [5.74, 6) is -1.60. The maximum atomic E-state index is 12.7. The Bertz CT molecular complexity index is 580. The highest BCUT2D eigenvalue weighted by molar-refractivity contribution is 6.00. The zero-order valence-corrected chi connectivity index (χ0v) is 17.3. The number of esters is 3. The Hall–Kier alpha value is -2.63. The van der Waals surface area contributed by atoms with E-state index in [4.69, 9.17) is 14.2 Å². The van der Waals surface area contributed by atoms with Gasteiger partial charge in [0.25, 0.3) is 0 Å². The van der Waals surface area contributed by atoms with Gasteiger partial charge in [0.05, 0.1) is 19.8 Å². The van der Waals surface area contributed by atoms with Crippen LogP contribution in [0.3, 0.4) is 0 Å². The van der Waals surface area contributed by atoms with Crippen LogP contribution in [0.1, 0.15) is 47.0 Å². The van der Waals surface area contributed by atoms with Gasteiger partial charge >= 0.3 is 17.9 Å². The number of allylic oxidation sites excluding steroid dienone is 7. The van der Waals surface area contributed by atoms with E-state index in [9.17, 15) is 14.4 Å². The van der Waals surface area contributed by atoms with E-state index >= 15 is 0 Å². The highest BCUT2D eigenvalue weighted by Gasteiger charge is 2.47. The van der Waals surface area contributed by atoms with Gasteiger partial charge in [-0.25, -0.2) is 4.79 Å². The first-order valence-electron chi connectivity index (χ1n) is 9.60. The summed E-state index contributed by atoms with van der Waals surface area (Å²) in [6.07, 6.45) is 14.4. The molecule has 0 aliphatic rings. The molecule has 0 aromatic rings. The fraction of sp³-hybridized carbons (Fsp3) is 0.500. The van der Waals surface area contributed by atoms with E-state index in [0.717, 1.165) is 0 Å². The summed E-state index contributed by atoms with van der Waals surface area (Å²) in [5, 5.41) is 0. The van der Waals surface area contributed by atoms with Crippen LogP contribution < -0.4 is 0 Å². The SMILES string of the molecule is C/C=C/C=C/CC(CC/C=C/C=C/C(=O)OCC)(C(=O)OCC)C(=O)OCC. The number of hydrogen-bond acceptors (Lipinski definition) is 6. The van der Waals surface area contributed by atoms with E-state index in [0.29, 0.717) is 13.0 Å². The third kappa shape index (κ3) is 9.35. The first-order chi connectivity index (χ1) is 13.5. The Morgan fingerprint density at radius 1 is 0.786 bits per heavy atom. The lowest BCUT2D eigenvalue weighted by Crippen LogP contribution is -2.41. The van der Waals surface area contributed by atoms with Crippen molar-refractivity contribution in [2.24, 2.45) is 5.41 Å². The molecule has 0 rings (SSSR count). The van der Waals surface area contributed by atoms with Gasteiger partial charge in [-0.1, -0.05) is 42.5 Å². The lowest BCUT2D eigenvalue weighted by molar-refractivity contribution is -0.172. The van der Waals surface area contributed by atoms with Gasteiger partial charge in [0.15, 0.2) is 5.41 Å². The van der Waals surface area contributed by atoms with E-state index in [1.165, 1.54) is 6.08 Å². The maximum absolute atomic E-state index is 12.7. The molecule has 0 amide bonds. The van der Waals surface area contributed by atoms with Crippen molar-refractivity contribution in [3.05, 3.63) is 48.6 Å². The van der Waals surface area contributed by atoms with Crippen molar-refractivity contribution in [1.29, 1.82) is 0 Å². The highest BCUT2D eigenvalue weighted by Crippen LogP contribution is 2.33. The lowest BCUT2D eigenvalue weighted by atomic mass is 9.79. The molecule has 0 spiro atoms. The van der Waals surface area contributed by atoms with Crippen molar-refractivity contribution in [3.8, 4) is 0 Å². The lowest BCUT2D eigenvalue weighted by Gasteiger charge is -2.27. The molecule has 156 valence electrons. The molecule has 0 saturated heterocycles. The van der Waals surface area contributed by atoms with Gasteiger partial charge in [-0.05, 0) is 47.0 Å². The molecule has 0 radical (unpaired) electrons. The van der Waals surface area contributed by atoms with Crippen molar-refractivity contribution in [1.82, 2.24) is 0 Å². The van der Waals surface area contributed by atoms with Crippen LogP contribution in [-0.2, 0) is 28.6 Å². The second-order valence-electron chi connectivity index (χ2n) is 5.76. The molecule has 0 aromatic carbocycles. The molecule has 0 bridgehead atoms. The fourth-order valence-corrected chi connectivity index (χ4v) is 2.38. The Balaban J connectivity index is 5.34. The Labute approximate surface area is 167 Å². The molecule has 0 heterocycles. The standard InChI is InChI=1S/C22H32O6/c1-5-9-10-14-17-22(20(24)27-7-3,21(25)28-8-4)18-15-12-11-13-16-19(23)26-6-2/h5,9-14,16H,6-8,15,17-18H2,1-4H3/b9-5+,12-11+,14-10+,16-13+. The van der Waals surface area contributed by atoms with Crippen molar-refractivity contribution in [2.75, 3.05) is 19.8 Å². The molecule has 0 saturated carbocycles. The first kappa shape index (κ1) is 25.4. The summed E-state index contributed by atoms with van der Waals surface area (Å²) in [6.45, 7) is 7.68. The molecule has 0 aromatic heterocycles. The van der Waals surface area contributed by atoms with Gasteiger partial charge in [-0.2, -0.15) is 0 Å². The van der Waals surface area contributed by atoms with Gasteiger partial charge in [-0.3, -0.25) is 9.59 Å². The minimum absolute atomic E-state index is 0.177.